The minimum absolute atomic E-state index is 0.217. The first-order chi connectivity index (χ1) is 10.1. The Bertz CT molecular complexity index is 616. The summed E-state index contributed by atoms with van der Waals surface area (Å²) in [6.07, 6.45) is 0. The van der Waals surface area contributed by atoms with Gasteiger partial charge in [0.15, 0.2) is 0 Å². The van der Waals surface area contributed by atoms with E-state index in [-0.39, 0.29) is 5.82 Å². The van der Waals surface area contributed by atoms with Crippen molar-refractivity contribution in [3.05, 3.63) is 63.4 Å². The number of halogens is 2. The maximum Gasteiger partial charge on any atom is 0.134 e. The van der Waals surface area contributed by atoms with Crippen LogP contribution in [0, 0.1) is 12.7 Å². The first-order valence-corrected chi connectivity index (χ1v) is 7.76. The standard InChI is InChI=1S/C17H19BrFNO/c1-3-20-10-13-4-7-17(16(18)9-13)21-11-14-5-6-15(19)8-12(14)2/h4-9,20H,3,10-11H2,1-2H3. The smallest absolute Gasteiger partial charge is 0.134 e. The van der Waals surface area contributed by atoms with Gasteiger partial charge in [0.25, 0.3) is 0 Å². The van der Waals surface area contributed by atoms with Gasteiger partial charge in [0.1, 0.15) is 18.2 Å². The predicted octanol–water partition coefficient (Wildman–Crippen LogP) is 4.59. The molecule has 0 saturated heterocycles. The quantitative estimate of drug-likeness (QED) is 0.821. The number of hydrogen-bond donors (Lipinski definition) is 1. The summed E-state index contributed by atoms with van der Waals surface area (Å²) in [6, 6.07) is 10.8. The summed E-state index contributed by atoms with van der Waals surface area (Å²) in [5.74, 6) is 0.573. The fraction of sp³-hybridized carbons (Fsp3) is 0.294. The highest BCUT2D eigenvalue weighted by molar-refractivity contribution is 9.10. The van der Waals surface area contributed by atoms with Gasteiger partial charge < -0.3 is 10.1 Å². The molecule has 0 heterocycles. The Morgan fingerprint density at radius 1 is 1.19 bits per heavy atom. The van der Waals surface area contributed by atoms with Crippen molar-refractivity contribution >= 4 is 15.9 Å². The van der Waals surface area contributed by atoms with Crippen LogP contribution in [-0.2, 0) is 13.2 Å². The first kappa shape index (κ1) is 16.0. The van der Waals surface area contributed by atoms with Crippen LogP contribution in [0.1, 0.15) is 23.6 Å². The van der Waals surface area contributed by atoms with Gasteiger partial charge in [-0.05, 0) is 70.4 Å². The van der Waals surface area contributed by atoms with Crippen LogP contribution in [-0.4, -0.2) is 6.54 Å². The highest BCUT2D eigenvalue weighted by Crippen LogP contribution is 2.27. The molecular formula is C17H19BrFNO. The summed E-state index contributed by atoms with van der Waals surface area (Å²) < 4.78 is 19.8. The molecule has 1 N–H and O–H groups in total. The third-order valence-electron chi connectivity index (χ3n) is 3.26. The molecule has 0 bridgehead atoms. The van der Waals surface area contributed by atoms with E-state index in [1.807, 2.05) is 19.1 Å². The molecule has 0 unspecified atom stereocenters. The lowest BCUT2D eigenvalue weighted by Gasteiger charge is -2.11. The Hall–Kier alpha value is -1.39. The molecule has 0 fully saturated rings. The molecule has 4 heteroatoms. The Kier molecular flexibility index (Phi) is 5.76. The Morgan fingerprint density at radius 3 is 2.67 bits per heavy atom. The zero-order chi connectivity index (χ0) is 15.2. The molecule has 0 amide bonds. The van der Waals surface area contributed by atoms with E-state index in [0.29, 0.717) is 6.61 Å². The molecule has 112 valence electrons. The van der Waals surface area contributed by atoms with Crippen LogP contribution in [0.2, 0.25) is 0 Å². The molecule has 0 saturated carbocycles. The molecule has 0 aromatic heterocycles. The van der Waals surface area contributed by atoms with Crippen LogP contribution < -0.4 is 10.1 Å². The molecule has 0 aliphatic carbocycles. The summed E-state index contributed by atoms with van der Waals surface area (Å²) in [4.78, 5) is 0. The van der Waals surface area contributed by atoms with Crippen molar-refractivity contribution in [3.63, 3.8) is 0 Å². The molecule has 0 aliphatic rings. The van der Waals surface area contributed by atoms with Gasteiger partial charge in [-0.2, -0.15) is 0 Å². The summed E-state index contributed by atoms with van der Waals surface area (Å²) in [5, 5.41) is 3.28. The van der Waals surface area contributed by atoms with Crippen molar-refractivity contribution in [1.82, 2.24) is 5.32 Å². The van der Waals surface area contributed by atoms with E-state index in [9.17, 15) is 4.39 Å². The molecule has 0 atom stereocenters. The van der Waals surface area contributed by atoms with Gasteiger partial charge in [-0.15, -0.1) is 0 Å². The van der Waals surface area contributed by atoms with Crippen molar-refractivity contribution < 1.29 is 9.13 Å². The Balaban J connectivity index is 2.02. The lowest BCUT2D eigenvalue weighted by Crippen LogP contribution is -2.11. The van der Waals surface area contributed by atoms with E-state index in [1.54, 1.807) is 6.07 Å². The average Bonchev–Trinajstić information content (AvgIpc) is 2.45. The maximum atomic E-state index is 13.1. The summed E-state index contributed by atoms with van der Waals surface area (Å²) >= 11 is 3.53. The average molecular weight is 352 g/mol. The highest BCUT2D eigenvalue weighted by atomic mass is 79.9. The van der Waals surface area contributed by atoms with E-state index in [4.69, 9.17) is 4.74 Å². The first-order valence-electron chi connectivity index (χ1n) is 6.97. The molecule has 2 nitrogen and oxygen atoms in total. The zero-order valence-corrected chi connectivity index (χ0v) is 13.8. The molecule has 0 radical (unpaired) electrons. The normalized spacial score (nSPS) is 10.7. The molecule has 2 aromatic rings. The van der Waals surface area contributed by atoms with Crippen LogP contribution in [0.4, 0.5) is 4.39 Å². The molecular weight excluding hydrogens is 333 g/mol. The lowest BCUT2D eigenvalue weighted by atomic mass is 10.1. The minimum atomic E-state index is -0.217. The van der Waals surface area contributed by atoms with Crippen molar-refractivity contribution in [1.29, 1.82) is 0 Å². The van der Waals surface area contributed by atoms with Crippen molar-refractivity contribution in [2.45, 2.75) is 27.0 Å². The van der Waals surface area contributed by atoms with E-state index >= 15 is 0 Å². The van der Waals surface area contributed by atoms with E-state index in [1.165, 1.54) is 17.7 Å². The zero-order valence-electron chi connectivity index (χ0n) is 12.2. The number of benzene rings is 2. The second-order valence-electron chi connectivity index (χ2n) is 4.90. The van der Waals surface area contributed by atoms with Crippen LogP contribution in [0.5, 0.6) is 5.75 Å². The van der Waals surface area contributed by atoms with Crippen molar-refractivity contribution in [2.75, 3.05) is 6.54 Å². The maximum absolute atomic E-state index is 13.1. The summed E-state index contributed by atoms with van der Waals surface area (Å²) in [5.41, 5.74) is 3.09. The second kappa shape index (κ2) is 7.57. The third kappa shape index (κ3) is 4.55. The van der Waals surface area contributed by atoms with E-state index < -0.39 is 0 Å². The van der Waals surface area contributed by atoms with Crippen LogP contribution >= 0.6 is 15.9 Å². The fourth-order valence-corrected chi connectivity index (χ4v) is 2.56. The second-order valence-corrected chi connectivity index (χ2v) is 5.76. The van der Waals surface area contributed by atoms with Gasteiger partial charge >= 0.3 is 0 Å². The van der Waals surface area contributed by atoms with Crippen molar-refractivity contribution in [2.24, 2.45) is 0 Å². The largest absolute Gasteiger partial charge is 0.488 e. The van der Waals surface area contributed by atoms with Gasteiger partial charge in [-0.3, -0.25) is 0 Å². The predicted molar refractivity (Wildman–Crippen MR) is 87.0 cm³/mol. The number of nitrogens with one attached hydrogen (secondary N) is 1. The van der Waals surface area contributed by atoms with Crippen LogP contribution in [0.3, 0.4) is 0 Å². The highest BCUT2D eigenvalue weighted by Gasteiger charge is 2.05. The summed E-state index contributed by atoms with van der Waals surface area (Å²) in [6.45, 7) is 6.18. The van der Waals surface area contributed by atoms with Gasteiger partial charge in [-0.25, -0.2) is 4.39 Å². The lowest BCUT2D eigenvalue weighted by molar-refractivity contribution is 0.303. The Morgan fingerprint density at radius 2 is 2.00 bits per heavy atom. The molecule has 2 rings (SSSR count). The van der Waals surface area contributed by atoms with E-state index in [0.717, 1.165) is 34.4 Å². The fourth-order valence-electron chi connectivity index (χ4n) is 2.02. The summed E-state index contributed by atoms with van der Waals surface area (Å²) in [7, 11) is 0. The monoisotopic (exact) mass is 351 g/mol. The number of aryl methyl sites for hydroxylation is 1. The third-order valence-corrected chi connectivity index (χ3v) is 3.88. The van der Waals surface area contributed by atoms with Gasteiger partial charge in [0.05, 0.1) is 4.47 Å². The van der Waals surface area contributed by atoms with Crippen LogP contribution in [0.15, 0.2) is 40.9 Å². The number of ether oxygens (including phenoxy) is 1. The minimum Gasteiger partial charge on any atom is -0.488 e. The Labute approximate surface area is 133 Å². The van der Waals surface area contributed by atoms with Gasteiger partial charge in [-0.1, -0.05) is 19.1 Å². The van der Waals surface area contributed by atoms with Gasteiger partial charge in [0, 0.05) is 6.54 Å². The molecule has 0 spiro atoms. The molecule has 21 heavy (non-hydrogen) atoms. The molecule has 0 aliphatic heterocycles. The van der Waals surface area contributed by atoms with E-state index in [2.05, 4.69) is 34.2 Å². The van der Waals surface area contributed by atoms with Crippen molar-refractivity contribution in [3.8, 4) is 5.75 Å². The SMILES string of the molecule is CCNCc1ccc(OCc2ccc(F)cc2C)c(Br)c1. The van der Waals surface area contributed by atoms with Crippen LogP contribution in [0.25, 0.3) is 0 Å². The number of hydrogen-bond acceptors (Lipinski definition) is 2. The number of rotatable bonds is 6. The van der Waals surface area contributed by atoms with Gasteiger partial charge in [0.2, 0.25) is 0 Å². The topological polar surface area (TPSA) is 21.3 Å². The molecule has 2 aromatic carbocycles.